The van der Waals surface area contributed by atoms with Crippen LogP contribution in [0.5, 0.6) is 0 Å². The summed E-state index contributed by atoms with van der Waals surface area (Å²) in [5, 5.41) is 2.36. The average Bonchev–Trinajstić information content (AvgIpc) is 2.54. The number of alkyl halides is 3. The number of benzene rings is 1. The van der Waals surface area contributed by atoms with E-state index in [-0.39, 0.29) is 10.8 Å². The molecule has 0 fully saturated rings. The summed E-state index contributed by atoms with van der Waals surface area (Å²) in [4.78, 5) is 27.2. The van der Waals surface area contributed by atoms with Gasteiger partial charge in [-0.25, -0.2) is 9.78 Å². The molecule has 1 aromatic heterocycles. The lowest BCUT2D eigenvalue weighted by Gasteiger charge is -2.12. The SMILES string of the molecule is O=C(COC(=O)c1ccccc1C(F)(F)F)Nc1cccnc1Cl. The molecule has 0 radical (unpaired) electrons. The number of hydrogen-bond donors (Lipinski definition) is 1. The van der Waals surface area contributed by atoms with Crippen LogP contribution in [0.3, 0.4) is 0 Å². The standard InChI is InChI=1S/C15H10ClF3N2O3/c16-13-11(6-3-7-20-13)21-12(22)8-24-14(23)9-4-1-2-5-10(9)15(17,18)19/h1-7H,8H2,(H,21,22). The van der Waals surface area contributed by atoms with Gasteiger partial charge in [0.2, 0.25) is 0 Å². The molecule has 0 aliphatic heterocycles. The summed E-state index contributed by atoms with van der Waals surface area (Å²) in [5.41, 5.74) is -1.61. The zero-order valence-corrected chi connectivity index (χ0v) is 12.7. The van der Waals surface area contributed by atoms with Gasteiger partial charge in [0.15, 0.2) is 11.8 Å². The van der Waals surface area contributed by atoms with Crippen LogP contribution in [0, 0.1) is 0 Å². The molecule has 1 amide bonds. The lowest BCUT2D eigenvalue weighted by atomic mass is 10.1. The number of pyridine rings is 1. The predicted octanol–water partition coefficient (Wildman–Crippen LogP) is 3.55. The fourth-order valence-corrected chi connectivity index (χ4v) is 1.95. The zero-order valence-electron chi connectivity index (χ0n) is 11.9. The Morgan fingerprint density at radius 1 is 1.17 bits per heavy atom. The highest BCUT2D eigenvalue weighted by Gasteiger charge is 2.35. The van der Waals surface area contributed by atoms with Gasteiger partial charge in [-0.1, -0.05) is 23.7 Å². The third-order valence-electron chi connectivity index (χ3n) is 2.82. The molecule has 9 heteroatoms. The molecule has 24 heavy (non-hydrogen) atoms. The first-order valence-corrected chi connectivity index (χ1v) is 6.90. The quantitative estimate of drug-likeness (QED) is 0.670. The molecule has 0 saturated carbocycles. The summed E-state index contributed by atoms with van der Waals surface area (Å²) < 4.78 is 43.1. The normalized spacial score (nSPS) is 11.0. The van der Waals surface area contributed by atoms with Crippen LogP contribution in [0.4, 0.5) is 18.9 Å². The molecule has 2 rings (SSSR count). The van der Waals surface area contributed by atoms with Gasteiger partial charge in [-0.05, 0) is 24.3 Å². The van der Waals surface area contributed by atoms with E-state index in [4.69, 9.17) is 11.6 Å². The number of anilines is 1. The molecule has 5 nitrogen and oxygen atoms in total. The molecule has 0 saturated heterocycles. The van der Waals surface area contributed by atoms with Gasteiger partial charge in [-0.3, -0.25) is 4.79 Å². The first kappa shape index (κ1) is 17.7. The van der Waals surface area contributed by atoms with Crippen LogP contribution < -0.4 is 5.32 Å². The molecule has 0 aliphatic rings. The van der Waals surface area contributed by atoms with Crippen molar-refractivity contribution in [1.29, 1.82) is 0 Å². The highest BCUT2D eigenvalue weighted by Crippen LogP contribution is 2.32. The number of amides is 1. The molecule has 1 N–H and O–H groups in total. The minimum Gasteiger partial charge on any atom is -0.452 e. The van der Waals surface area contributed by atoms with Crippen molar-refractivity contribution in [3.05, 3.63) is 58.9 Å². The molecule has 2 aromatic rings. The van der Waals surface area contributed by atoms with E-state index in [1.807, 2.05) is 0 Å². The predicted molar refractivity (Wildman–Crippen MR) is 79.6 cm³/mol. The van der Waals surface area contributed by atoms with Gasteiger partial charge >= 0.3 is 12.1 Å². The number of nitrogens with one attached hydrogen (secondary N) is 1. The minimum absolute atomic E-state index is 0.0274. The van der Waals surface area contributed by atoms with Crippen molar-refractivity contribution in [3.8, 4) is 0 Å². The summed E-state index contributed by atoms with van der Waals surface area (Å²) in [6.45, 7) is -0.768. The molecule has 0 unspecified atom stereocenters. The Hall–Kier alpha value is -2.61. The van der Waals surface area contributed by atoms with Crippen molar-refractivity contribution >= 4 is 29.2 Å². The van der Waals surface area contributed by atoms with Crippen LogP contribution in [0.2, 0.25) is 5.15 Å². The number of halogens is 4. The van der Waals surface area contributed by atoms with Crippen molar-refractivity contribution in [1.82, 2.24) is 4.98 Å². The van der Waals surface area contributed by atoms with Crippen molar-refractivity contribution < 1.29 is 27.5 Å². The van der Waals surface area contributed by atoms with Gasteiger partial charge < -0.3 is 10.1 Å². The molecular formula is C15H10ClF3N2O3. The van der Waals surface area contributed by atoms with Gasteiger partial charge in [0.25, 0.3) is 5.91 Å². The van der Waals surface area contributed by atoms with Gasteiger partial charge in [-0.15, -0.1) is 0 Å². The second-order valence-electron chi connectivity index (χ2n) is 4.51. The molecule has 1 heterocycles. The van der Waals surface area contributed by atoms with E-state index in [0.717, 1.165) is 18.2 Å². The Bertz CT molecular complexity index is 766. The highest BCUT2D eigenvalue weighted by atomic mass is 35.5. The van der Waals surface area contributed by atoms with E-state index in [9.17, 15) is 22.8 Å². The van der Waals surface area contributed by atoms with Crippen molar-refractivity contribution in [3.63, 3.8) is 0 Å². The second-order valence-corrected chi connectivity index (χ2v) is 4.87. The average molecular weight is 359 g/mol. The summed E-state index contributed by atoms with van der Waals surface area (Å²) in [6, 6.07) is 7.13. The molecule has 0 bridgehead atoms. The van der Waals surface area contributed by atoms with Crippen molar-refractivity contribution in [2.45, 2.75) is 6.18 Å². The Morgan fingerprint density at radius 3 is 2.54 bits per heavy atom. The van der Waals surface area contributed by atoms with Crippen molar-refractivity contribution in [2.75, 3.05) is 11.9 Å². The summed E-state index contributed by atoms with van der Waals surface area (Å²) in [6.07, 6.45) is -3.30. The van der Waals surface area contributed by atoms with E-state index in [2.05, 4.69) is 15.0 Å². The number of esters is 1. The summed E-state index contributed by atoms with van der Waals surface area (Å²) >= 11 is 5.74. The molecule has 0 atom stereocenters. The summed E-state index contributed by atoms with van der Waals surface area (Å²) in [7, 11) is 0. The molecule has 0 spiro atoms. The minimum atomic E-state index is -4.71. The lowest BCUT2D eigenvalue weighted by molar-refractivity contribution is -0.138. The van der Waals surface area contributed by atoms with Crippen LogP contribution >= 0.6 is 11.6 Å². The second kappa shape index (κ2) is 7.31. The van der Waals surface area contributed by atoms with E-state index < -0.39 is 35.8 Å². The van der Waals surface area contributed by atoms with Gasteiger partial charge in [0.05, 0.1) is 16.8 Å². The van der Waals surface area contributed by atoms with E-state index >= 15 is 0 Å². The number of carbonyl (C=O) groups excluding carboxylic acids is 2. The number of ether oxygens (including phenoxy) is 1. The summed E-state index contributed by atoms with van der Waals surface area (Å²) in [5.74, 6) is -2.02. The Balaban J connectivity index is 2.01. The fraction of sp³-hybridized carbons (Fsp3) is 0.133. The Morgan fingerprint density at radius 2 is 1.88 bits per heavy atom. The van der Waals surface area contributed by atoms with Crippen LogP contribution in [-0.4, -0.2) is 23.5 Å². The highest BCUT2D eigenvalue weighted by molar-refractivity contribution is 6.32. The largest absolute Gasteiger partial charge is 0.452 e. The number of nitrogens with zero attached hydrogens (tertiary/aromatic N) is 1. The number of carbonyl (C=O) groups is 2. The monoisotopic (exact) mass is 358 g/mol. The maximum atomic E-state index is 12.8. The smallest absolute Gasteiger partial charge is 0.417 e. The van der Waals surface area contributed by atoms with Gasteiger partial charge in [0.1, 0.15) is 0 Å². The first-order chi connectivity index (χ1) is 11.3. The lowest BCUT2D eigenvalue weighted by Crippen LogP contribution is -2.22. The molecule has 1 aromatic carbocycles. The fourth-order valence-electron chi connectivity index (χ4n) is 1.78. The Kier molecular flexibility index (Phi) is 5.40. The number of rotatable bonds is 4. The molecular weight excluding hydrogens is 349 g/mol. The molecule has 126 valence electrons. The van der Waals surface area contributed by atoms with E-state index in [0.29, 0.717) is 0 Å². The maximum Gasteiger partial charge on any atom is 0.417 e. The third kappa shape index (κ3) is 4.45. The van der Waals surface area contributed by atoms with E-state index in [1.54, 1.807) is 0 Å². The topological polar surface area (TPSA) is 68.3 Å². The van der Waals surface area contributed by atoms with Crippen LogP contribution in [0.1, 0.15) is 15.9 Å². The van der Waals surface area contributed by atoms with E-state index in [1.165, 1.54) is 24.4 Å². The van der Waals surface area contributed by atoms with Crippen molar-refractivity contribution in [2.24, 2.45) is 0 Å². The maximum absolute atomic E-state index is 12.8. The van der Waals surface area contributed by atoms with Crippen LogP contribution in [-0.2, 0) is 15.7 Å². The van der Waals surface area contributed by atoms with Crippen LogP contribution in [0.15, 0.2) is 42.6 Å². The molecule has 0 aliphatic carbocycles. The number of aromatic nitrogens is 1. The zero-order chi connectivity index (χ0) is 17.7. The van der Waals surface area contributed by atoms with Gasteiger partial charge in [-0.2, -0.15) is 13.2 Å². The third-order valence-corrected chi connectivity index (χ3v) is 3.12. The van der Waals surface area contributed by atoms with Crippen LogP contribution in [0.25, 0.3) is 0 Å². The first-order valence-electron chi connectivity index (χ1n) is 6.53. The Labute approximate surface area is 139 Å². The number of hydrogen-bond acceptors (Lipinski definition) is 4. The van der Waals surface area contributed by atoms with Gasteiger partial charge in [0, 0.05) is 6.20 Å².